The Kier molecular flexibility index (Phi) is 4.57. The van der Waals surface area contributed by atoms with Crippen LogP contribution >= 0.6 is 0 Å². The van der Waals surface area contributed by atoms with E-state index in [1.165, 1.54) is 4.90 Å². The maximum Gasteiger partial charge on any atom is 0.325 e. The zero-order chi connectivity index (χ0) is 16.4. The van der Waals surface area contributed by atoms with E-state index >= 15 is 0 Å². The SMILES string of the molecule is C[C@H]1COCCN1C(=O)CCCN1C(=O)NC2(CCCC2)C1=O. The number of nitrogens with one attached hydrogen (secondary N) is 1. The highest BCUT2D eigenvalue weighted by Crippen LogP contribution is 2.35. The Morgan fingerprint density at radius 3 is 2.78 bits per heavy atom. The van der Waals surface area contributed by atoms with Gasteiger partial charge in [-0.15, -0.1) is 0 Å². The van der Waals surface area contributed by atoms with Gasteiger partial charge in [0.25, 0.3) is 5.91 Å². The van der Waals surface area contributed by atoms with Gasteiger partial charge in [0.2, 0.25) is 5.91 Å². The Morgan fingerprint density at radius 1 is 1.35 bits per heavy atom. The van der Waals surface area contributed by atoms with Gasteiger partial charge in [0.1, 0.15) is 5.54 Å². The predicted molar refractivity (Wildman–Crippen MR) is 82.7 cm³/mol. The molecule has 7 nitrogen and oxygen atoms in total. The van der Waals surface area contributed by atoms with Gasteiger partial charge >= 0.3 is 6.03 Å². The topological polar surface area (TPSA) is 79.0 Å². The van der Waals surface area contributed by atoms with Crippen LogP contribution in [0.3, 0.4) is 0 Å². The van der Waals surface area contributed by atoms with Gasteiger partial charge in [-0.3, -0.25) is 14.5 Å². The van der Waals surface area contributed by atoms with Crippen LogP contribution < -0.4 is 5.32 Å². The number of hydrogen-bond acceptors (Lipinski definition) is 4. The molecular weight excluding hydrogens is 298 g/mol. The number of imide groups is 1. The third-order valence-electron chi connectivity index (χ3n) is 5.16. The van der Waals surface area contributed by atoms with E-state index in [0.29, 0.717) is 39.1 Å². The molecule has 0 unspecified atom stereocenters. The number of hydrogen-bond donors (Lipinski definition) is 1. The first-order valence-electron chi connectivity index (χ1n) is 8.55. The van der Waals surface area contributed by atoms with E-state index in [1.54, 1.807) is 0 Å². The molecule has 2 aliphatic heterocycles. The number of amides is 4. The number of rotatable bonds is 4. The number of nitrogens with zero attached hydrogens (tertiary/aromatic N) is 2. The minimum Gasteiger partial charge on any atom is -0.377 e. The Hall–Kier alpha value is -1.63. The van der Waals surface area contributed by atoms with E-state index in [1.807, 2.05) is 11.8 Å². The molecule has 7 heteroatoms. The van der Waals surface area contributed by atoms with E-state index in [4.69, 9.17) is 4.74 Å². The Balaban J connectivity index is 1.49. The van der Waals surface area contributed by atoms with Gasteiger partial charge in [0.05, 0.1) is 19.3 Å². The Labute approximate surface area is 136 Å². The molecule has 23 heavy (non-hydrogen) atoms. The van der Waals surface area contributed by atoms with Crippen LogP contribution in [0.1, 0.15) is 45.4 Å². The number of morpholine rings is 1. The van der Waals surface area contributed by atoms with Crippen molar-refractivity contribution < 1.29 is 19.1 Å². The molecule has 0 aromatic carbocycles. The van der Waals surface area contributed by atoms with Crippen molar-refractivity contribution in [2.24, 2.45) is 0 Å². The molecule has 1 N–H and O–H groups in total. The average Bonchev–Trinajstić information content (AvgIpc) is 3.08. The summed E-state index contributed by atoms with van der Waals surface area (Å²) in [6, 6.07) is -0.209. The normalized spacial score (nSPS) is 26.9. The number of urea groups is 1. The smallest absolute Gasteiger partial charge is 0.325 e. The van der Waals surface area contributed by atoms with Crippen molar-refractivity contribution in [1.29, 1.82) is 0 Å². The highest BCUT2D eigenvalue weighted by molar-refractivity contribution is 6.07. The average molecular weight is 323 g/mol. The van der Waals surface area contributed by atoms with Crippen molar-refractivity contribution in [3.05, 3.63) is 0 Å². The minimum atomic E-state index is -0.653. The summed E-state index contributed by atoms with van der Waals surface area (Å²) in [5.41, 5.74) is -0.653. The zero-order valence-corrected chi connectivity index (χ0v) is 13.7. The minimum absolute atomic E-state index is 0.0726. The molecule has 3 aliphatic rings. The van der Waals surface area contributed by atoms with Crippen LogP contribution in [0.15, 0.2) is 0 Å². The van der Waals surface area contributed by atoms with Gasteiger partial charge in [-0.1, -0.05) is 12.8 Å². The summed E-state index contributed by atoms with van der Waals surface area (Å²) in [5, 5.41) is 2.86. The summed E-state index contributed by atoms with van der Waals surface area (Å²) in [6.45, 7) is 4.05. The molecule has 0 bridgehead atoms. The van der Waals surface area contributed by atoms with Crippen LogP contribution in [-0.4, -0.2) is 65.5 Å². The summed E-state index contributed by atoms with van der Waals surface area (Å²) in [5.74, 6) is -0.0318. The van der Waals surface area contributed by atoms with Gasteiger partial charge in [-0.05, 0) is 26.2 Å². The van der Waals surface area contributed by atoms with E-state index in [9.17, 15) is 14.4 Å². The van der Waals surface area contributed by atoms with Crippen LogP contribution in [-0.2, 0) is 14.3 Å². The van der Waals surface area contributed by atoms with Gasteiger partial charge < -0.3 is 15.0 Å². The van der Waals surface area contributed by atoms with Crippen LogP contribution in [0.25, 0.3) is 0 Å². The molecular formula is C16H25N3O4. The molecule has 3 fully saturated rings. The summed E-state index contributed by atoms with van der Waals surface area (Å²) < 4.78 is 5.33. The van der Waals surface area contributed by atoms with Crippen LogP contribution in [0.5, 0.6) is 0 Å². The molecule has 2 saturated heterocycles. The Morgan fingerprint density at radius 2 is 2.09 bits per heavy atom. The van der Waals surface area contributed by atoms with Crippen molar-refractivity contribution >= 4 is 17.8 Å². The van der Waals surface area contributed by atoms with Gasteiger partial charge in [-0.2, -0.15) is 0 Å². The lowest BCUT2D eigenvalue weighted by Crippen LogP contribution is -2.47. The van der Waals surface area contributed by atoms with Gasteiger partial charge in [0, 0.05) is 19.5 Å². The van der Waals surface area contributed by atoms with Crippen LogP contribution in [0, 0.1) is 0 Å². The van der Waals surface area contributed by atoms with Crippen molar-refractivity contribution in [2.75, 3.05) is 26.3 Å². The van der Waals surface area contributed by atoms with Crippen LogP contribution in [0.2, 0.25) is 0 Å². The van der Waals surface area contributed by atoms with E-state index in [-0.39, 0.29) is 23.9 Å². The molecule has 2 heterocycles. The Bertz CT molecular complexity index is 502. The quantitative estimate of drug-likeness (QED) is 0.779. The summed E-state index contributed by atoms with van der Waals surface area (Å²) in [7, 11) is 0. The van der Waals surface area contributed by atoms with Crippen LogP contribution in [0.4, 0.5) is 4.79 Å². The molecule has 1 aliphatic carbocycles. The number of carbonyl (C=O) groups excluding carboxylic acids is 3. The van der Waals surface area contributed by atoms with Crippen molar-refractivity contribution in [1.82, 2.24) is 15.1 Å². The first kappa shape index (κ1) is 16.2. The molecule has 0 radical (unpaired) electrons. The number of carbonyl (C=O) groups is 3. The standard InChI is InChI=1S/C16H25N3O4/c1-12-11-23-10-9-18(12)13(20)5-4-8-19-14(21)16(17-15(19)22)6-2-3-7-16/h12H,2-11H2,1H3,(H,17,22)/t12-/m0/s1. The molecule has 0 aromatic heterocycles. The van der Waals surface area contributed by atoms with Gasteiger partial charge in [-0.25, -0.2) is 4.79 Å². The second-order valence-electron chi connectivity index (χ2n) is 6.79. The molecule has 1 saturated carbocycles. The fraction of sp³-hybridized carbons (Fsp3) is 0.812. The second-order valence-corrected chi connectivity index (χ2v) is 6.79. The van der Waals surface area contributed by atoms with E-state index < -0.39 is 5.54 Å². The lowest BCUT2D eigenvalue weighted by atomic mass is 9.98. The van der Waals surface area contributed by atoms with Crippen molar-refractivity contribution in [3.63, 3.8) is 0 Å². The lowest BCUT2D eigenvalue weighted by Gasteiger charge is -2.33. The fourth-order valence-electron chi connectivity index (χ4n) is 3.83. The monoisotopic (exact) mass is 323 g/mol. The maximum absolute atomic E-state index is 12.5. The molecule has 0 aromatic rings. The van der Waals surface area contributed by atoms with E-state index in [2.05, 4.69) is 5.32 Å². The number of ether oxygens (including phenoxy) is 1. The lowest BCUT2D eigenvalue weighted by molar-refractivity contribution is -0.139. The molecule has 128 valence electrons. The molecule has 3 rings (SSSR count). The predicted octanol–water partition coefficient (Wildman–Crippen LogP) is 0.878. The molecule has 1 spiro atoms. The zero-order valence-electron chi connectivity index (χ0n) is 13.7. The molecule has 4 amide bonds. The maximum atomic E-state index is 12.5. The highest BCUT2D eigenvalue weighted by Gasteiger charge is 2.52. The highest BCUT2D eigenvalue weighted by atomic mass is 16.5. The summed E-state index contributed by atoms with van der Waals surface area (Å²) in [4.78, 5) is 39.9. The first-order chi connectivity index (χ1) is 11.0. The fourth-order valence-corrected chi connectivity index (χ4v) is 3.83. The summed E-state index contributed by atoms with van der Waals surface area (Å²) >= 11 is 0. The van der Waals surface area contributed by atoms with E-state index in [0.717, 1.165) is 25.7 Å². The third-order valence-corrected chi connectivity index (χ3v) is 5.16. The van der Waals surface area contributed by atoms with Gasteiger partial charge in [0.15, 0.2) is 0 Å². The van der Waals surface area contributed by atoms with Crippen molar-refractivity contribution in [3.8, 4) is 0 Å². The summed E-state index contributed by atoms with van der Waals surface area (Å²) in [6.07, 6.45) is 4.30. The molecule has 1 atom stereocenters. The largest absolute Gasteiger partial charge is 0.377 e. The second kappa shape index (κ2) is 6.47. The van der Waals surface area contributed by atoms with Crippen molar-refractivity contribution in [2.45, 2.75) is 57.0 Å². The first-order valence-corrected chi connectivity index (χ1v) is 8.55. The third kappa shape index (κ3) is 3.06.